The first-order valence-electron chi connectivity index (χ1n) is 8.30. The molecule has 0 aromatic heterocycles. The molecule has 2 N–H and O–H groups in total. The standard InChI is InChI=1S/C17H24N4O2/c1-3-18-16(22)20-9-8-13(11-20)19-17(23)21-10-12(2)14-6-4-5-7-15(14)21/h4-7,12-13H,3,8-11H2,1-2H3,(H,18,22)(H,19,23)/t12-,13+/m0/s1. The number of para-hydroxylation sites is 1. The Balaban J connectivity index is 1.60. The van der Waals surface area contributed by atoms with E-state index in [-0.39, 0.29) is 18.1 Å². The van der Waals surface area contributed by atoms with E-state index in [0.29, 0.717) is 32.1 Å². The highest BCUT2D eigenvalue weighted by atomic mass is 16.2. The summed E-state index contributed by atoms with van der Waals surface area (Å²) < 4.78 is 0. The Morgan fingerprint density at radius 3 is 2.78 bits per heavy atom. The molecule has 0 unspecified atom stereocenters. The van der Waals surface area contributed by atoms with Crippen LogP contribution in [0.4, 0.5) is 15.3 Å². The first kappa shape index (κ1) is 15.6. The number of likely N-dealkylation sites (tertiary alicyclic amines) is 1. The molecule has 1 aromatic carbocycles. The van der Waals surface area contributed by atoms with Crippen molar-refractivity contribution in [3.63, 3.8) is 0 Å². The molecule has 2 aliphatic heterocycles. The molecule has 3 rings (SSSR count). The zero-order valence-electron chi connectivity index (χ0n) is 13.7. The third-order valence-electron chi connectivity index (χ3n) is 4.59. The largest absolute Gasteiger partial charge is 0.338 e. The summed E-state index contributed by atoms with van der Waals surface area (Å²) in [6, 6.07) is 7.96. The topological polar surface area (TPSA) is 64.7 Å². The third kappa shape index (κ3) is 3.11. The van der Waals surface area contributed by atoms with Gasteiger partial charge in [-0.1, -0.05) is 25.1 Å². The number of fused-ring (bicyclic) bond motifs is 1. The highest BCUT2D eigenvalue weighted by molar-refractivity contribution is 5.94. The second kappa shape index (κ2) is 6.48. The average Bonchev–Trinajstić information content (AvgIpc) is 3.13. The number of carbonyl (C=O) groups excluding carboxylic acids is 2. The Bertz CT molecular complexity index is 604. The minimum Gasteiger partial charge on any atom is -0.338 e. The van der Waals surface area contributed by atoms with Gasteiger partial charge in [0.15, 0.2) is 0 Å². The quantitative estimate of drug-likeness (QED) is 0.878. The molecule has 2 atom stereocenters. The van der Waals surface area contributed by atoms with Gasteiger partial charge in [-0.25, -0.2) is 9.59 Å². The molecule has 23 heavy (non-hydrogen) atoms. The van der Waals surface area contributed by atoms with Crippen molar-refractivity contribution in [1.82, 2.24) is 15.5 Å². The summed E-state index contributed by atoms with van der Waals surface area (Å²) in [5.41, 5.74) is 2.22. The Morgan fingerprint density at radius 1 is 1.22 bits per heavy atom. The number of carbonyl (C=O) groups is 2. The van der Waals surface area contributed by atoms with E-state index in [9.17, 15) is 9.59 Å². The monoisotopic (exact) mass is 316 g/mol. The summed E-state index contributed by atoms with van der Waals surface area (Å²) >= 11 is 0. The number of rotatable bonds is 2. The van der Waals surface area contributed by atoms with E-state index < -0.39 is 0 Å². The Kier molecular flexibility index (Phi) is 4.41. The second-order valence-corrected chi connectivity index (χ2v) is 6.29. The lowest BCUT2D eigenvalue weighted by molar-refractivity contribution is 0.207. The van der Waals surface area contributed by atoms with E-state index in [1.54, 1.807) is 4.90 Å². The molecule has 0 spiro atoms. The lowest BCUT2D eigenvalue weighted by Gasteiger charge is -2.22. The Morgan fingerprint density at radius 2 is 2.00 bits per heavy atom. The summed E-state index contributed by atoms with van der Waals surface area (Å²) in [5, 5.41) is 5.87. The first-order valence-corrected chi connectivity index (χ1v) is 8.30. The van der Waals surface area contributed by atoms with Crippen molar-refractivity contribution >= 4 is 17.7 Å². The number of urea groups is 2. The number of nitrogens with one attached hydrogen (secondary N) is 2. The van der Waals surface area contributed by atoms with Gasteiger partial charge >= 0.3 is 12.1 Å². The van der Waals surface area contributed by atoms with Gasteiger partial charge in [0.05, 0.1) is 0 Å². The molecule has 1 aromatic rings. The summed E-state index contributed by atoms with van der Waals surface area (Å²) in [5.74, 6) is 0.354. The van der Waals surface area contributed by atoms with Gasteiger partial charge in [0, 0.05) is 43.8 Å². The number of nitrogens with zero attached hydrogens (tertiary/aromatic N) is 2. The normalized spacial score (nSPS) is 22.9. The van der Waals surface area contributed by atoms with E-state index in [2.05, 4.69) is 23.6 Å². The van der Waals surface area contributed by atoms with Crippen molar-refractivity contribution in [3.05, 3.63) is 29.8 Å². The summed E-state index contributed by atoms with van der Waals surface area (Å²) in [6.45, 7) is 6.62. The Labute approximate surface area is 136 Å². The van der Waals surface area contributed by atoms with Crippen LogP contribution in [-0.4, -0.2) is 49.2 Å². The predicted molar refractivity (Wildman–Crippen MR) is 89.8 cm³/mol. The molecule has 2 heterocycles. The number of amides is 4. The lowest BCUT2D eigenvalue weighted by atomic mass is 10.0. The fourth-order valence-electron chi connectivity index (χ4n) is 3.39. The average molecular weight is 316 g/mol. The van der Waals surface area contributed by atoms with E-state index in [4.69, 9.17) is 0 Å². The van der Waals surface area contributed by atoms with Crippen LogP contribution < -0.4 is 15.5 Å². The fourth-order valence-corrected chi connectivity index (χ4v) is 3.39. The third-order valence-corrected chi connectivity index (χ3v) is 4.59. The van der Waals surface area contributed by atoms with Crippen molar-refractivity contribution in [2.45, 2.75) is 32.2 Å². The van der Waals surface area contributed by atoms with Gasteiger partial charge in [-0.15, -0.1) is 0 Å². The zero-order chi connectivity index (χ0) is 16.4. The minimum absolute atomic E-state index is 0.0215. The van der Waals surface area contributed by atoms with Gasteiger partial charge in [-0.3, -0.25) is 4.90 Å². The fraction of sp³-hybridized carbons (Fsp3) is 0.529. The number of benzene rings is 1. The maximum Gasteiger partial charge on any atom is 0.322 e. The molecule has 0 saturated carbocycles. The van der Waals surface area contributed by atoms with E-state index >= 15 is 0 Å². The van der Waals surface area contributed by atoms with Crippen molar-refractivity contribution < 1.29 is 9.59 Å². The molecule has 1 saturated heterocycles. The number of hydrogen-bond acceptors (Lipinski definition) is 2. The second-order valence-electron chi connectivity index (χ2n) is 6.29. The minimum atomic E-state index is -0.0652. The molecule has 0 aliphatic carbocycles. The van der Waals surface area contributed by atoms with Gasteiger partial charge in [0.25, 0.3) is 0 Å². The molecule has 124 valence electrons. The molecule has 6 heteroatoms. The first-order chi connectivity index (χ1) is 11.1. The molecule has 6 nitrogen and oxygen atoms in total. The van der Waals surface area contributed by atoms with Crippen LogP contribution in [0.1, 0.15) is 31.7 Å². The van der Waals surface area contributed by atoms with E-state index in [1.807, 2.05) is 30.0 Å². The van der Waals surface area contributed by atoms with Crippen LogP contribution in [0.5, 0.6) is 0 Å². The van der Waals surface area contributed by atoms with Gasteiger partial charge in [-0.05, 0) is 25.0 Å². The van der Waals surface area contributed by atoms with Crippen LogP contribution >= 0.6 is 0 Å². The molecule has 0 bridgehead atoms. The van der Waals surface area contributed by atoms with Crippen LogP contribution in [0.15, 0.2) is 24.3 Å². The maximum absolute atomic E-state index is 12.6. The SMILES string of the molecule is CCNC(=O)N1CC[C@@H](NC(=O)N2C[C@H](C)c3ccccc32)C1. The van der Waals surface area contributed by atoms with Crippen LogP contribution in [0.3, 0.4) is 0 Å². The Hall–Kier alpha value is -2.24. The number of anilines is 1. The molecular formula is C17H24N4O2. The van der Waals surface area contributed by atoms with Crippen molar-refractivity contribution in [3.8, 4) is 0 Å². The zero-order valence-corrected chi connectivity index (χ0v) is 13.7. The molecule has 2 aliphatic rings. The van der Waals surface area contributed by atoms with Crippen LogP contribution in [-0.2, 0) is 0 Å². The van der Waals surface area contributed by atoms with Gasteiger partial charge in [0.2, 0.25) is 0 Å². The van der Waals surface area contributed by atoms with Crippen molar-refractivity contribution in [1.29, 1.82) is 0 Å². The molecule has 4 amide bonds. The van der Waals surface area contributed by atoms with Gasteiger partial charge in [-0.2, -0.15) is 0 Å². The molecule has 1 fully saturated rings. The van der Waals surface area contributed by atoms with E-state index in [0.717, 1.165) is 12.1 Å². The van der Waals surface area contributed by atoms with Crippen LogP contribution in [0, 0.1) is 0 Å². The highest BCUT2D eigenvalue weighted by Crippen LogP contribution is 2.35. The summed E-state index contributed by atoms with van der Waals surface area (Å²) in [6.07, 6.45) is 0.800. The maximum atomic E-state index is 12.6. The van der Waals surface area contributed by atoms with Crippen LogP contribution in [0.25, 0.3) is 0 Å². The predicted octanol–water partition coefficient (Wildman–Crippen LogP) is 2.12. The molecule has 0 radical (unpaired) electrons. The van der Waals surface area contributed by atoms with Crippen molar-refractivity contribution in [2.75, 3.05) is 31.1 Å². The highest BCUT2D eigenvalue weighted by Gasteiger charge is 2.32. The summed E-state index contributed by atoms with van der Waals surface area (Å²) in [7, 11) is 0. The van der Waals surface area contributed by atoms with E-state index in [1.165, 1.54) is 5.56 Å². The van der Waals surface area contributed by atoms with Gasteiger partial charge < -0.3 is 15.5 Å². The summed E-state index contributed by atoms with van der Waals surface area (Å²) in [4.78, 5) is 28.0. The smallest absolute Gasteiger partial charge is 0.322 e. The molecular weight excluding hydrogens is 292 g/mol. The van der Waals surface area contributed by atoms with Crippen molar-refractivity contribution in [2.24, 2.45) is 0 Å². The lowest BCUT2D eigenvalue weighted by Crippen LogP contribution is -2.46. The number of hydrogen-bond donors (Lipinski definition) is 2. The van der Waals surface area contributed by atoms with Crippen LogP contribution in [0.2, 0.25) is 0 Å². The van der Waals surface area contributed by atoms with Gasteiger partial charge in [0.1, 0.15) is 0 Å².